The number of esters is 1. The third kappa shape index (κ3) is 4.77. The average molecular weight is 397 g/mol. The smallest absolute Gasteiger partial charge is 0.374 e. The van der Waals surface area contributed by atoms with Gasteiger partial charge in [-0.3, -0.25) is 9.69 Å². The normalized spacial score (nSPS) is 16.0. The standard InChI is InChI=1S/C23H27NO5/c1-4-29-23(26)20(25)14-19-18-13-22(28-3)21(27-2)12-17(18)10-11-24(19)15-16-8-6-5-7-9-16/h5-9,12-13,19H,4,10-11,14-15H2,1-3H3. The number of benzene rings is 2. The first-order valence-electron chi connectivity index (χ1n) is 9.80. The van der Waals surface area contributed by atoms with Crippen molar-refractivity contribution in [1.82, 2.24) is 4.90 Å². The van der Waals surface area contributed by atoms with Crippen molar-refractivity contribution in [1.29, 1.82) is 0 Å². The highest BCUT2D eigenvalue weighted by Gasteiger charge is 2.32. The summed E-state index contributed by atoms with van der Waals surface area (Å²) in [6.45, 7) is 3.35. The molecule has 2 aromatic rings. The van der Waals surface area contributed by atoms with E-state index < -0.39 is 11.8 Å². The number of carbonyl (C=O) groups is 2. The molecule has 1 heterocycles. The first kappa shape index (κ1) is 20.9. The zero-order valence-electron chi connectivity index (χ0n) is 17.1. The summed E-state index contributed by atoms with van der Waals surface area (Å²) in [5.74, 6) is -0.0167. The van der Waals surface area contributed by atoms with Crippen LogP contribution in [0.1, 0.15) is 36.1 Å². The minimum atomic E-state index is -0.778. The van der Waals surface area contributed by atoms with Crippen molar-refractivity contribution in [3.05, 3.63) is 59.2 Å². The highest BCUT2D eigenvalue weighted by atomic mass is 16.5. The molecular formula is C23H27NO5. The van der Waals surface area contributed by atoms with Crippen LogP contribution < -0.4 is 9.47 Å². The molecule has 0 saturated heterocycles. The molecule has 0 spiro atoms. The van der Waals surface area contributed by atoms with Gasteiger partial charge in [0.05, 0.1) is 20.8 Å². The quantitative estimate of drug-likeness (QED) is 0.503. The van der Waals surface area contributed by atoms with Crippen molar-refractivity contribution in [2.24, 2.45) is 0 Å². The number of nitrogens with zero attached hydrogens (tertiary/aromatic N) is 1. The van der Waals surface area contributed by atoms with Crippen molar-refractivity contribution in [3.8, 4) is 11.5 Å². The fourth-order valence-electron chi connectivity index (χ4n) is 3.80. The molecule has 6 heteroatoms. The molecule has 1 atom stereocenters. The second-order valence-corrected chi connectivity index (χ2v) is 6.98. The van der Waals surface area contributed by atoms with Gasteiger partial charge in [0.1, 0.15) is 0 Å². The van der Waals surface area contributed by atoms with Gasteiger partial charge in [-0.25, -0.2) is 4.79 Å². The van der Waals surface area contributed by atoms with Gasteiger partial charge in [-0.1, -0.05) is 30.3 Å². The maximum Gasteiger partial charge on any atom is 0.374 e. The average Bonchev–Trinajstić information content (AvgIpc) is 2.75. The summed E-state index contributed by atoms with van der Waals surface area (Å²) in [4.78, 5) is 26.7. The van der Waals surface area contributed by atoms with Crippen molar-refractivity contribution in [2.75, 3.05) is 27.4 Å². The second-order valence-electron chi connectivity index (χ2n) is 6.98. The van der Waals surface area contributed by atoms with E-state index in [0.29, 0.717) is 18.0 Å². The molecule has 29 heavy (non-hydrogen) atoms. The number of methoxy groups -OCH3 is 2. The van der Waals surface area contributed by atoms with Gasteiger partial charge in [0.2, 0.25) is 5.78 Å². The van der Waals surface area contributed by atoms with E-state index in [0.717, 1.165) is 29.7 Å². The van der Waals surface area contributed by atoms with E-state index in [2.05, 4.69) is 17.0 Å². The van der Waals surface area contributed by atoms with E-state index in [-0.39, 0.29) is 19.1 Å². The molecule has 0 aliphatic carbocycles. The van der Waals surface area contributed by atoms with Crippen LogP contribution >= 0.6 is 0 Å². The lowest BCUT2D eigenvalue weighted by molar-refractivity contribution is -0.154. The second kappa shape index (κ2) is 9.56. The number of fused-ring (bicyclic) bond motifs is 1. The Kier molecular flexibility index (Phi) is 6.88. The zero-order valence-corrected chi connectivity index (χ0v) is 17.1. The van der Waals surface area contributed by atoms with Crippen molar-refractivity contribution < 1.29 is 23.8 Å². The molecule has 0 saturated carbocycles. The number of carbonyl (C=O) groups excluding carboxylic acids is 2. The number of Topliss-reactive ketones (excluding diaryl/α,β-unsaturated/α-hetero) is 1. The van der Waals surface area contributed by atoms with Gasteiger partial charge in [-0.15, -0.1) is 0 Å². The molecule has 1 unspecified atom stereocenters. The Labute approximate surface area is 171 Å². The highest BCUT2D eigenvalue weighted by Crippen LogP contribution is 2.40. The van der Waals surface area contributed by atoms with Crippen molar-refractivity contribution in [2.45, 2.75) is 32.4 Å². The van der Waals surface area contributed by atoms with Gasteiger partial charge in [0.25, 0.3) is 0 Å². The molecule has 3 rings (SSSR count). The zero-order chi connectivity index (χ0) is 20.8. The Balaban J connectivity index is 1.95. The van der Waals surface area contributed by atoms with Crippen LogP contribution in [-0.4, -0.2) is 44.0 Å². The number of rotatable bonds is 8. The lowest BCUT2D eigenvalue weighted by Crippen LogP contribution is -2.37. The first-order valence-corrected chi connectivity index (χ1v) is 9.80. The summed E-state index contributed by atoms with van der Waals surface area (Å²) in [5, 5.41) is 0. The molecule has 0 fully saturated rings. The third-order valence-corrected chi connectivity index (χ3v) is 5.22. The van der Waals surface area contributed by atoms with Crippen LogP contribution in [0.4, 0.5) is 0 Å². The summed E-state index contributed by atoms with van der Waals surface area (Å²) in [7, 11) is 3.20. The van der Waals surface area contributed by atoms with Crippen LogP contribution in [0.5, 0.6) is 11.5 Å². The van der Waals surface area contributed by atoms with E-state index >= 15 is 0 Å². The van der Waals surface area contributed by atoms with Gasteiger partial charge in [-0.05, 0) is 42.2 Å². The van der Waals surface area contributed by atoms with Crippen LogP contribution in [0.3, 0.4) is 0 Å². The van der Waals surface area contributed by atoms with E-state index in [9.17, 15) is 9.59 Å². The SMILES string of the molecule is CCOC(=O)C(=O)CC1c2cc(OC)c(OC)cc2CCN1Cc1ccccc1. The van der Waals surface area contributed by atoms with Gasteiger partial charge in [-0.2, -0.15) is 0 Å². The maximum absolute atomic E-state index is 12.5. The topological polar surface area (TPSA) is 65.1 Å². The Morgan fingerprint density at radius 3 is 2.41 bits per heavy atom. The molecule has 154 valence electrons. The molecule has 0 bridgehead atoms. The fourth-order valence-corrected chi connectivity index (χ4v) is 3.80. The first-order chi connectivity index (χ1) is 14.1. The minimum Gasteiger partial charge on any atom is -0.493 e. The van der Waals surface area contributed by atoms with Crippen LogP contribution in [0, 0.1) is 0 Å². The Morgan fingerprint density at radius 1 is 1.07 bits per heavy atom. The lowest BCUT2D eigenvalue weighted by atomic mass is 9.88. The summed E-state index contributed by atoms with van der Waals surface area (Å²) in [5.41, 5.74) is 3.25. The molecule has 2 aromatic carbocycles. The molecular weight excluding hydrogens is 370 g/mol. The van der Waals surface area contributed by atoms with Gasteiger partial charge in [0, 0.05) is 25.6 Å². The van der Waals surface area contributed by atoms with Crippen molar-refractivity contribution in [3.63, 3.8) is 0 Å². The lowest BCUT2D eigenvalue weighted by Gasteiger charge is -2.37. The Hall–Kier alpha value is -2.86. The molecule has 0 amide bonds. The highest BCUT2D eigenvalue weighted by molar-refractivity contribution is 6.33. The molecule has 0 N–H and O–H groups in total. The van der Waals surface area contributed by atoms with Gasteiger partial charge in [0.15, 0.2) is 11.5 Å². The Morgan fingerprint density at radius 2 is 1.76 bits per heavy atom. The van der Waals surface area contributed by atoms with Crippen LogP contribution in [0.25, 0.3) is 0 Å². The van der Waals surface area contributed by atoms with Gasteiger partial charge < -0.3 is 14.2 Å². The largest absolute Gasteiger partial charge is 0.493 e. The molecule has 6 nitrogen and oxygen atoms in total. The summed E-state index contributed by atoms with van der Waals surface area (Å²) < 4.78 is 15.8. The molecule has 0 radical (unpaired) electrons. The van der Waals surface area contributed by atoms with Crippen LogP contribution in [-0.2, 0) is 27.3 Å². The summed E-state index contributed by atoms with van der Waals surface area (Å²) in [6.07, 6.45) is 0.890. The van der Waals surface area contributed by atoms with Crippen molar-refractivity contribution >= 4 is 11.8 Å². The van der Waals surface area contributed by atoms with E-state index in [1.54, 1.807) is 21.1 Å². The summed E-state index contributed by atoms with van der Waals surface area (Å²) in [6, 6.07) is 13.8. The monoisotopic (exact) mass is 397 g/mol. The Bertz CT molecular complexity index is 865. The number of hydrogen-bond acceptors (Lipinski definition) is 6. The number of ketones is 1. The van der Waals surface area contributed by atoms with Gasteiger partial charge >= 0.3 is 5.97 Å². The number of hydrogen-bond donors (Lipinski definition) is 0. The van der Waals surface area contributed by atoms with E-state index in [4.69, 9.17) is 14.2 Å². The summed E-state index contributed by atoms with van der Waals surface area (Å²) >= 11 is 0. The molecule has 1 aliphatic heterocycles. The molecule has 1 aliphatic rings. The van der Waals surface area contributed by atoms with Crippen LogP contribution in [0.15, 0.2) is 42.5 Å². The molecule has 0 aromatic heterocycles. The minimum absolute atomic E-state index is 0.0636. The fraction of sp³-hybridized carbons (Fsp3) is 0.391. The third-order valence-electron chi connectivity index (χ3n) is 5.22. The van der Waals surface area contributed by atoms with Crippen LogP contribution in [0.2, 0.25) is 0 Å². The predicted molar refractivity (Wildman–Crippen MR) is 109 cm³/mol. The number of ether oxygens (including phenoxy) is 3. The maximum atomic E-state index is 12.5. The van der Waals surface area contributed by atoms with E-state index in [1.165, 1.54) is 0 Å². The predicted octanol–water partition coefficient (Wildman–Crippen LogP) is 3.33. The van der Waals surface area contributed by atoms with E-state index in [1.807, 2.05) is 30.3 Å².